The first-order valence-electron chi connectivity index (χ1n) is 4.55. The van der Waals surface area contributed by atoms with Crippen molar-refractivity contribution in [3.8, 4) is 0 Å². The summed E-state index contributed by atoms with van der Waals surface area (Å²) in [6.45, 7) is 3.40. The summed E-state index contributed by atoms with van der Waals surface area (Å²) >= 11 is 5.64. The number of rotatable bonds is 3. The smallest absolute Gasteiger partial charge is 0.292 e. The molecule has 1 aromatic rings. The van der Waals surface area contributed by atoms with Crippen molar-refractivity contribution >= 4 is 17.4 Å². The van der Waals surface area contributed by atoms with Gasteiger partial charge in [-0.2, -0.15) is 18.3 Å². The number of carbonyl (C=O) groups is 1. The van der Waals surface area contributed by atoms with Gasteiger partial charge in [0.15, 0.2) is 5.78 Å². The van der Waals surface area contributed by atoms with Crippen LogP contribution in [0.3, 0.4) is 0 Å². The maximum Gasteiger partial charge on any atom is 0.396 e. The lowest BCUT2D eigenvalue weighted by Crippen LogP contribution is -2.19. The monoisotopic (exact) mass is 254 g/mol. The van der Waals surface area contributed by atoms with Crippen molar-refractivity contribution in [2.45, 2.75) is 32.5 Å². The Labute approximate surface area is 95.2 Å². The molecular formula is C9H10ClF3N2O. The van der Waals surface area contributed by atoms with Crippen LogP contribution < -0.4 is 0 Å². The van der Waals surface area contributed by atoms with Crippen molar-refractivity contribution in [1.29, 1.82) is 0 Å². The lowest BCUT2D eigenvalue weighted by atomic mass is 10.2. The molecule has 1 aromatic heterocycles. The van der Waals surface area contributed by atoms with E-state index < -0.39 is 18.4 Å². The Morgan fingerprint density at radius 1 is 1.56 bits per heavy atom. The topological polar surface area (TPSA) is 34.9 Å². The summed E-state index contributed by atoms with van der Waals surface area (Å²) in [5.41, 5.74) is -0.186. The number of hydrogen-bond donors (Lipinski definition) is 0. The fourth-order valence-electron chi connectivity index (χ4n) is 1.26. The fourth-order valence-corrected chi connectivity index (χ4v) is 1.50. The molecule has 1 heterocycles. The quantitative estimate of drug-likeness (QED) is 0.776. The lowest BCUT2D eigenvalue weighted by Gasteiger charge is -2.11. The standard InChI is InChI=1S/C9H10ClF3N2O/c1-5(2)15-8(6(10)4-14-15)7(16)3-9(11,12)13/h4-5H,3H2,1-2H3. The van der Waals surface area contributed by atoms with Crippen molar-refractivity contribution in [2.24, 2.45) is 0 Å². The van der Waals surface area contributed by atoms with Gasteiger partial charge in [0, 0.05) is 6.04 Å². The second-order valence-corrected chi connectivity index (χ2v) is 4.00. The third-order valence-corrected chi connectivity index (χ3v) is 2.14. The van der Waals surface area contributed by atoms with E-state index in [9.17, 15) is 18.0 Å². The van der Waals surface area contributed by atoms with Crippen LogP contribution in [-0.2, 0) is 0 Å². The molecule has 0 unspecified atom stereocenters. The molecule has 3 nitrogen and oxygen atoms in total. The van der Waals surface area contributed by atoms with Crippen LogP contribution >= 0.6 is 11.6 Å². The first-order valence-corrected chi connectivity index (χ1v) is 4.93. The van der Waals surface area contributed by atoms with Crippen molar-refractivity contribution < 1.29 is 18.0 Å². The largest absolute Gasteiger partial charge is 0.396 e. The van der Waals surface area contributed by atoms with Gasteiger partial charge in [-0.15, -0.1) is 0 Å². The molecule has 0 amide bonds. The highest BCUT2D eigenvalue weighted by molar-refractivity contribution is 6.33. The van der Waals surface area contributed by atoms with Crippen LogP contribution in [0.25, 0.3) is 0 Å². The zero-order valence-electron chi connectivity index (χ0n) is 8.68. The average molecular weight is 255 g/mol. The SMILES string of the molecule is CC(C)n1ncc(Cl)c1C(=O)CC(F)(F)F. The molecule has 0 aliphatic rings. The molecule has 0 radical (unpaired) electrons. The van der Waals surface area contributed by atoms with Gasteiger partial charge in [-0.3, -0.25) is 9.48 Å². The Kier molecular flexibility index (Phi) is 3.62. The van der Waals surface area contributed by atoms with Gasteiger partial charge in [0.1, 0.15) is 12.1 Å². The first-order chi connectivity index (χ1) is 7.22. The van der Waals surface area contributed by atoms with Gasteiger partial charge in [0.2, 0.25) is 0 Å². The van der Waals surface area contributed by atoms with Gasteiger partial charge in [0.05, 0.1) is 11.2 Å². The third-order valence-electron chi connectivity index (χ3n) is 1.87. The normalized spacial score (nSPS) is 12.2. The Bertz CT molecular complexity index is 398. The van der Waals surface area contributed by atoms with Crippen LogP contribution in [0.15, 0.2) is 6.20 Å². The van der Waals surface area contributed by atoms with Crippen molar-refractivity contribution in [2.75, 3.05) is 0 Å². The fraction of sp³-hybridized carbons (Fsp3) is 0.556. The molecule has 0 aliphatic carbocycles. The van der Waals surface area contributed by atoms with Crippen molar-refractivity contribution in [3.05, 3.63) is 16.9 Å². The van der Waals surface area contributed by atoms with Gasteiger partial charge in [-0.1, -0.05) is 11.6 Å². The van der Waals surface area contributed by atoms with E-state index in [-0.39, 0.29) is 16.8 Å². The molecule has 7 heteroatoms. The summed E-state index contributed by atoms with van der Waals surface area (Å²) < 4.78 is 37.4. The van der Waals surface area contributed by atoms with E-state index in [4.69, 9.17) is 11.6 Å². The molecule has 16 heavy (non-hydrogen) atoms. The summed E-state index contributed by atoms with van der Waals surface area (Å²) in [6.07, 6.45) is -4.89. The molecular weight excluding hydrogens is 245 g/mol. The molecule has 0 bridgehead atoms. The number of halogens is 4. The number of hydrogen-bond acceptors (Lipinski definition) is 2. The summed E-state index contributed by atoms with van der Waals surface area (Å²) in [5.74, 6) is -1.07. The Hall–Kier alpha value is -1.04. The molecule has 0 spiro atoms. The molecule has 1 rings (SSSR count). The molecule has 90 valence electrons. The van der Waals surface area contributed by atoms with Gasteiger partial charge in [0.25, 0.3) is 0 Å². The molecule has 0 fully saturated rings. The minimum atomic E-state index is -4.54. The molecule has 0 saturated carbocycles. The summed E-state index contributed by atoms with van der Waals surface area (Å²) in [4.78, 5) is 11.4. The molecule has 0 N–H and O–H groups in total. The van der Waals surface area contributed by atoms with Crippen LogP contribution in [0.4, 0.5) is 13.2 Å². The van der Waals surface area contributed by atoms with Crippen LogP contribution in [-0.4, -0.2) is 21.7 Å². The summed E-state index contributed by atoms with van der Waals surface area (Å²) in [7, 11) is 0. The molecule has 0 aliphatic heterocycles. The van der Waals surface area contributed by atoms with E-state index in [2.05, 4.69) is 5.10 Å². The van der Waals surface area contributed by atoms with E-state index in [1.165, 1.54) is 10.9 Å². The van der Waals surface area contributed by atoms with Crippen LogP contribution in [0, 0.1) is 0 Å². The minimum absolute atomic E-state index is 0.0528. The predicted molar refractivity (Wildman–Crippen MR) is 52.6 cm³/mol. The van der Waals surface area contributed by atoms with E-state index in [0.717, 1.165) is 0 Å². The van der Waals surface area contributed by atoms with E-state index in [0.29, 0.717) is 0 Å². The van der Waals surface area contributed by atoms with Crippen LogP contribution in [0.2, 0.25) is 5.02 Å². The third kappa shape index (κ3) is 2.98. The number of alkyl halides is 3. The highest BCUT2D eigenvalue weighted by atomic mass is 35.5. The van der Waals surface area contributed by atoms with Gasteiger partial charge in [-0.05, 0) is 13.8 Å². The second-order valence-electron chi connectivity index (χ2n) is 3.59. The maximum atomic E-state index is 12.1. The average Bonchev–Trinajstić information content (AvgIpc) is 2.43. The maximum absolute atomic E-state index is 12.1. The summed E-state index contributed by atoms with van der Waals surface area (Å²) in [6, 6.07) is -0.223. The van der Waals surface area contributed by atoms with Gasteiger partial charge < -0.3 is 0 Å². The van der Waals surface area contributed by atoms with E-state index >= 15 is 0 Å². The highest BCUT2D eigenvalue weighted by Gasteiger charge is 2.34. The second kappa shape index (κ2) is 4.45. The minimum Gasteiger partial charge on any atom is -0.292 e. The van der Waals surface area contributed by atoms with Gasteiger partial charge >= 0.3 is 6.18 Å². The van der Waals surface area contributed by atoms with Gasteiger partial charge in [-0.25, -0.2) is 0 Å². The number of ketones is 1. The van der Waals surface area contributed by atoms with Crippen molar-refractivity contribution in [1.82, 2.24) is 9.78 Å². The van der Waals surface area contributed by atoms with E-state index in [1.54, 1.807) is 13.8 Å². The number of aromatic nitrogens is 2. The Morgan fingerprint density at radius 2 is 2.12 bits per heavy atom. The lowest BCUT2D eigenvalue weighted by molar-refractivity contribution is -0.125. The van der Waals surface area contributed by atoms with Crippen LogP contribution in [0.1, 0.15) is 36.8 Å². The number of carbonyl (C=O) groups excluding carboxylic acids is 1. The highest BCUT2D eigenvalue weighted by Crippen LogP contribution is 2.26. The number of Topliss-reactive ketones (excluding diaryl/α,β-unsaturated/α-hetero) is 1. The van der Waals surface area contributed by atoms with Crippen LogP contribution in [0.5, 0.6) is 0 Å². The summed E-state index contributed by atoms with van der Waals surface area (Å²) in [5, 5.41) is 3.71. The predicted octanol–water partition coefficient (Wildman–Crippen LogP) is 3.25. The Balaban J connectivity index is 3.03. The zero-order chi connectivity index (χ0) is 12.5. The first kappa shape index (κ1) is 13.0. The molecule has 0 saturated heterocycles. The molecule has 0 atom stereocenters. The zero-order valence-corrected chi connectivity index (χ0v) is 9.43. The number of nitrogens with zero attached hydrogens (tertiary/aromatic N) is 2. The van der Waals surface area contributed by atoms with Crippen molar-refractivity contribution in [3.63, 3.8) is 0 Å². The van der Waals surface area contributed by atoms with E-state index in [1.807, 2.05) is 0 Å². The Morgan fingerprint density at radius 3 is 2.56 bits per heavy atom. The molecule has 0 aromatic carbocycles.